The van der Waals surface area contributed by atoms with E-state index in [-0.39, 0.29) is 5.69 Å². The first-order chi connectivity index (χ1) is 8.70. The van der Waals surface area contributed by atoms with Crippen LogP contribution < -0.4 is 5.32 Å². The minimum Gasteiger partial charge on any atom is -0.347 e. The maximum Gasteiger partial charge on any atom is 0.305 e. The SMILES string of the molecule is CCn1cnnc1CNc1ncc([N+](=O)[O-])cn1. The molecule has 9 nitrogen and oxygen atoms in total. The third kappa shape index (κ3) is 2.56. The van der Waals surface area contributed by atoms with E-state index < -0.39 is 4.92 Å². The maximum absolute atomic E-state index is 10.4. The monoisotopic (exact) mass is 249 g/mol. The molecule has 9 heteroatoms. The van der Waals surface area contributed by atoms with E-state index in [2.05, 4.69) is 25.5 Å². The lowest BCUT2D eigenvalue weighted by Gasteiger charge is -2.04. The number of aryl methyl sites for hydroxylation is 1. The number of hydrogen-bond acceptors (Lipinski definition) is 7. The van der Waals surface area contributed by atoms with Crippen LogP contribution in [0.1, 0.15) is 12.7 Å². The van der Waals surface area contributed by atoms with Crippen molar-refractivity contribution in [2.75, 3.05) is 5.32 Å². The third-order valence-corrected chi connectivity index (χ3v) is 2.29. The molecule has 0 spiro atoms. The highest BCUT2D eigenvalue weighted by molar-refractivity contribution is 5.30. The first-order valence-corrected chi connectivity index (χ1v) is 5.27. The van der Waals surface area contributed by atoms with Gasteiger partial charge in [0.05, 0.1) is 11.5 Å². The molecule has 0 aliphatic rings. The topological polar surface area (TPSA) is 112 Å². The van der Waals surface area contributed by atoms with Crippen molar-refractivity contribution in [2.24, 2.45) is 0 Å². The van der Waals surface area contributed by atoms with E-state index in [0.29, 0.717) is 12.5 Å². The summed E-state index contributed by atoms with van der Waals surface area (Å²) in [5.41, 5.74) is -0.141. The molecule has 18 heavy (non-hydrogen) atoms. The second kappa shape index (κ2) is 5.17. The van der Waals surface area contributed by atoms with Gasteiger partial charge in [0.2, 0.25) is 5.95 Å². The van der Waals surface area contributed by atoms with Gasteiger partial charge in [0.25, 0.3) is 0 Å². The van der Waals surface area contributed by atoms with Crippen molar-refractivity contribution in [2.45, 2.75) is 20.0 Å². The summed E-state index contributed by atoms with van der Waals surface area (Å²) in [6, 6.07) is 0. The number of aromatic nitrogens is 5. The Bertz CT molecular complexity index is 536. The second-order valence-electron chi connectivity index (χ2n) is 3.41. The van der Waals surface area contributed by atoms with Crippen LogP contribution >= 0.6 is 0 Å². The molecule has 0 unspecified atom stereocenters. The quantitative estimate of drug-likeness (QED) is 0.610. The summed E-state index contributed by atoms with van der Waals surface area (Å²) in [4.78, 5) is 17.5. The van der Waals surface area contributed by atoms with Gasteiger partial charge in [-0.05, 0) is 6.92 Å². The molecule has 0 saturated heterocycles. The molecular weight excluding hydrogens is 238 g/mol. The number of nitrogens with one attached hydrogen (secondary N) is 1. The summed E-state index contributed by atoms with van der Waals surface area (Å²) < 4.78 is 1.87. The van der Waals surface area contributed by atoms with E-state index in [1.54, 1.807) is 6.33 Å². The number of nitro groups is 1. The third-order valence-electron chi connectivity index (χ3n) is 2.29. The van der Waals surface area contributed by atoms with Crippen molar-refractivity contribution < 1.29 is 4.92 Å². The molecular formula is C9H11N7O2. The van der Waals surface area contributed by atoms with Gasteiger partial charge in [-0.2, -0.15) is 0 Å². The van der Waals surface area contributed by atoms with Crippen LogP contribution in [0.15, 0.2) is 18.7 Å². The first kappa shape index (κ1) is 11.9. The molecule has 2 heterocycles. The Kier molecular flexibility index (Phi) is 3.41. The molecule has 0 atom stereocenters. The van der Waals surface area contributed by atoms with Crippen LogP contribution in [0, 0.1) is 10.1 Å². The molecule has 2 rings (SSSR count). The van der Waals surface area contributed by atoms with Crippen LogP contribution in [0.25, 0.3) is 0 Å². The predicted molar refractivity (Wildman–Crippen MR) is 61.7 cm³/mol. The fourth-order valence-corrected chi connectivity index (χ4v) is 1.34. The maximum atomic E-state index is 10.4. The zero-order valence-electron chi connectivity index (χ0n) is 9.65. The van der Waals surface area contributed by atoms with Gasteiger partial charge < -0.3 is 9.88 Å². The van der Waals surface area contributed by atoms with E-state index in [4.69, 9.17) is 0 Å². The van der Waals surface area contributed by atoms with Gasteiger partial charge in [0.1, 0.15) is 18.7 Å². The van der Waals surface area contributed by atoms with Crippen LogP contribution in [0.5, 0.6) is 0 Å². The molecule has 0 fully saturated rings. The average molecular weight is 249 g/mol. The van der Waals surface area contributed by atoms with E-state index in [0.717, 1.165) is 24.8 Å². The number of rotatable bonds is 5. The highest BCUT2D eigenvalue weighted by Crippen LogP contribution is 2.08. The fraction of sp³-hybridized carbons (Fsp3) is 0.333. The van der Waals surface area contributed by atoms with Gasteiger partial charge in [0, 0.05) is 6.54 Å². The highest BCUT2D eigenvalue weighted by Gasteiger charge is 2.07. The molecule has 0 aliphatic heterocycles. The summed E-state index contributed by atoms with van der Waals surface area (Å²) in [7, 11) is 0. The zero-order chi connectivity index (χ0) is 13.0. The summed E-state index contributed by atoms with van der Waals surface area (Å²) in [5, 5.41) is 21.1. The summed E-state index contributed by atoms with van der Waals surface area (Å²) in [6.45, 7) is 3.16. The van der Waals surface area contributed by atoms with Crippen molar-refractivity contribution in [1.82, 2.24) is 24.7 Å². The van der Waals surface area contributed by atoms with Crippen LogP contribution in [0.3, 0.4) is 0 Å². The van der Waals surface area contributed by atoms with Gasteiger partial charge in [-0.25, -0.2) is 9.97 Å². The standard InChI is InChI=1S/C9H11N7O2/c1-2-15-6-13-14-8(15)5-12-9-10-3-7(4-11-9)16(17)18/h3-4,6H,2,5H2,1H3,(H,10,11,12). The second-order valence-corrected chi connectivity index (χ2v) is 3.41. The molecule has 0 amide bonds. The van der Waals surface area contributed by atoms with Crippen molar-refractivity contribution in [3.05, 3.63) is 34.7 Å². The Morgan fingerprint density at radius 1 is 1.44 bits per heavy atom. The first-order valence-electron chi connectivity index (χ1n) is 5.27. The van der Waals surface area contributed by atoms with Crippen LogP contribution in [0.2, 0.25) is 0 Å². The van der Waals surface area contributed by atoms with Gasteiger partial charge in [0.15, 0.2) is 5.82 Å². The predicted octanol–water partition coefficient (Wildman–Crippen LogP) is 0.608. The van der Waals surface area contributed by atoms with E-state index in [1.807, 2.05) is 11.5 Å². The smallest absolute Gasteiger partial charge is 0.305 e. The number of hydrogen-bond donors (Lipinski definition) is 1. The van der Waals surface area contributed by atoms with Crippen molar-refractivity contribution in [1.29, 1.82) is 0 Å². The molecule has 0 bridgehead atoms. The van der Waals surface area contributed by atoms with Gasteiger partial charge in [-0.1, -0.05) is 0 Å². The molecule has 2 aromatic rings. The van der Waals surface area contributed by atoms with Crippen molar-refractivity contribution in [3.63, 3.8) is 0 Å². The minimum atomic E-state index is -0.544. The Morgan fingerprint density at radius 3 is 2.78 bits per heavy atom. The van der Waals surface area contributed by atoms with Crippen molar-refractivity contribution in [3.8, 4) is 0 Å². The zero-order valence-corrected chi connectivity index (χ0v) is 9.65. The molecule has 0 radical (unpaired) electrons. The van der Waals surface area contributed by atoms with Gasteiger partial charge in [-0.15, -0.1) is 10.2 Å². The summed E-state index contributed by atoms with van der Waals surface area (Å²) in [6.07, 6.45) is 3.94. The lowest BCUT2D eigenvalue weighted by atomic mass is 10.5. The fourth-order valence-electron chi connectivity index (χ4n) is 1.34. The molecule has 2 aromatic heterocycles. The van der Waals surface area contributed by atoms with E-state index in [1.165, 1.54) is 0 Å². The normalized spacial score (nSPS) is 10.3. The van der Waals surface area contributed by atoms with Gasteiger partial charge in [-0.3, -0.25) is 10.1 Å². The minimum absolute atomic E-state index is 0.141. The lowest BCUT2D eigenvalue weighted by Crippen LogP contribution is -2.09. The molecule has 0 saturated carbocycles. The average Bonchev–Trinajstić information content (AvgIpc) is 2.84. The largest absolute Gasteiger partial charge is 0.347 e. The van der Waals surface area contributed by atoms with E-state index >= 15 is 0 Å². The molecule has 0 aromatic carbocycles. The highest BCUT2D eigenvalue weighted by atomic mass is 16.6. The Balaban J connectivity index is 2.00. The van der Waals surface area contributed by atoms with Gasteiger partial charge >= 0.3 is 5.69 Å². The van der Waals surface area contributed by atoms with Crippen molar-refractivity contribution >= 4 is 11.6 Å². The lowest BCUT2D eigenvalue weighted by molar-refractivity contribution is -0.385. The summed E-state index contributed by atoms with van der Waals surface area (Å²) >= 11 is 0. The van der Waals surface area contributed by atoms with E-state index in [9.17, 15) is 10.1 Å². The molecule has 94 valence electrons. The molecule has 0 aliphatic carbocycles. The van der Waals surface area contributed by atoms with Crippen LogP contribution in [-0.2, 0) is 13.1 Å². The molecule has 1 N–H and O–H groups in total. The number of nitrogens with zero attached hydrogens (tertiary/aromatic N) is 6. The number of anilines is 1. The summed E-state index contributed by atoms with van der Waals surface area (Å²) in [5.74, 6) is 1.06. The Hall–Kier alpha value is -2.58. The Morgan fingerprint density at radius 2 is 2.17 bits per heavy atom. The van der Waals surface area contributed by atoms with Crippen LogP contribution in [-0.4, -0.2) is 29.7 Å². The Labute approximate surface area is 102 Å². The van der Waals surface area contributed by atoms with Crippen LogP contribution in [0.4, 0.5) is 11.6 Å².